The SMILES string of the molecule is OCc1cc(Cc2ccc3c(c2)CC(Cc2ccccc2)[C]3)cc(C(F)(F)F)c1. The molecule has 4 heteroatoms. The molecule has 0 fully saturated rings. The van der Waals surface area contributed by atoms with Crippen LogP contribution in [-0.4, -0.2) is 5.11 Å². The second-order valence-electron chi connectivity index (χ2n) is 7.60. The predicted molar refractivity (Wildman–Crippen MR) is 106 cm³/mol. The zero-order valence-electron chi connectivity index (χ0n) is 15.8. The van der Waals surface area contributed by atoms with E-state index in [0.717, 1.165) is 30.0 Å². The molecule has 0 bridgehead atoms. The van der Waals surface area contributed by atoms with Gasteiger partial charge in [0.25, 0.3) is 0 Å². The van der Waals surface area contributed by atoms with Gasteiger partial charge in [-0.3, -0.25) is 0 Å². The molecule has 0 heterocycles. The number of hydrogen-bond acceptors (Lipinski definition) is 1. The van der Waals surface area contributed by atoms with E-state index in [0.29, 0.717) is 17.9 Å². The highest BCUT2D eigenvalue weighted by atomic mass is 19.4. The van der Waals surface area contributed by atoms with Crippen molar-refractivity contribution in [2.75, 3.05) is 0 Å². The number of alkyl halides is 3. The van der Waals surface area contributed by atoms with Crippen molar-refractivity contribution in [3.05, 3.63) is 112 Å². The van der Waals surface area contributed by atoms with Crippen molar-refractivity contribution < 1.29 is 18.3 Å². The van der Waals surface area contributed by atoms with Crippen LogP contribution in [-0.2, 0) is 32.0 Å². The number of aliphatic hydroxyl groups is 1. The van der Waals surface area contributed by atoms with Gasteiger partial charge in [0.2, 0.25) is 0 Å². The predicted octanol–water partition coefficient (Wildman–Crippen LogP) is 5.63. The van der Waals surface area contributed by atoms with E-state index in [4.69, 9.17) is 0 Å². The normalized spacial score (nSPS) is 16.1. The van der Waals surface area contributed by atoms with Gasteiger partial charge in [-0.15, -0.1) is 0 Å². The molecular weight excluding hydrogens is 373 g/mol. The van der Waals surface area contributed by atoms with Crippen LogP contribution in [0.2, 0.25) is 0 Å². The summed E-state index contributed by atoms with van der Waals surface area (Å²) < 4.78 is 39.4. The summed E-state index contributed by atoms with van der Waals surface area (Å²) in [5.41, 5.74) is 4.64. The molecule has 148 valence electrons. The smallest absolute Gasteiger partial charge is 0.392 e. The summed E-state index contributed by atoms with van der Waals surface area (Å²) >= 11 is 0. The molecule has 0 saturated heterocycles. The van der Waals surface area contributed by atoms with Crippen molar-refractivity contribution in [2.24, 2.45) is 5.92 Å². The third-order valence-corrected chi connectivity index (χ3v) is 5.29. The Morgan fingerprint density at radius 2 is 1.62 bits per heavy atom. The lowest BCUT2D eigenvalue weighted by atomic mass is 9.96. The van der Waals surface area contributed by atoms with E-state index < -0.39 is 18.3 Å². The molecule has 1 aliphatic carbocycles. The summed E-state index contributed by atoms with van der Waals surface area (Å²) in [6.07, 6.45) is 1.33. The Kier molecular flexibility index (Phi) is 5.46. The number of fused-ring (bicyclic) bond motifs is 1. The van der Waals surface area contributed by atoms with Crippen LogP contribution in [0.5, 0.6) is 0 Å². The summed E-state index contributed by atoms with van der Waals surface area (Å²) in [5.74, 6) is 0.317. The number of rotatable bonds is 5. The maximum Gasteiger partial charge on any atom is 0.416 e. The third kappa shape index (κ3) is 4.70. The topological polar surface area (TPSA) is 20.2 Å². The molecule has 29 heavy (non-hydrogen) atoms. The first kappa shape index (κ1) is 19.7. The van der Waals surface area contributed by atoms with Gasteiger partial charge in [0.1, 0.15) is 0 Å². The fourth-order valence-corrected chi connectivity index (χ4v) is 3.98. The second-order valence-corrected chi connectivity index (χ2v) is 7.60. The molecule has 1 atom stereocenters. The minimum atomic E-state index is -4.42. The largest absolute Gasteiger partial charge is 0.416 e. The lowest BCUT2D eigenvalue weighted by molar-refractivity contribution is -0.137. The molecule has 4 rings (SSSR count). The zero-order valence-corrected chi connectivity index (χ0v) is 15.8. The van der Waals surface area contributed by atoms with Crippen molar-refractivity contribution in [2.45, 2.75) is 32.0 Å². The van der Waals surface area contributed by atoms with Gasteiger partial charge in [0.15, 0.2) is 0 Å². The van der Waals surface area contributed by atoms with E-state index in [1.54, 1.807) is 6.07 Å². The first-order chi connectivity index (χ1) is 13.9. The van der Waals surface area contributed by atoms with Crippen LogP contribution in [0.1, 0.15) is 38.9 Å². The van der Waals surface area contributed by atoms with Gasteiger partial charge in [-0.2, -0.15) is 13.2 Å². The van der Waals surface area contributed by atoms with Crippen LogP contribution < -0.4 is 0 Å². The van der Waals surface area contributed by atoms with E-state index in [1.165, 1.54) is 17.2 Å². The molecule has 1 N–H and O–H groups in total. The van der Waals surface area contributed by atoms with Crippen LogP contribution in [0.3, 0.4) is 0 Å². The van der Waals surface area contributed by atoms with E-state index in [9.17, 15) is 18.3 Å². The molecule has 0 spiro atoms. The van der Waals surface area contributed by atoms with Gasteiger partial charge in [-0.25, -0.2) is 0 Å². The van der Waals surface area contributed by atoms with Gasteiger partial charge in [0.05, 0.1) is 12.2 Å². The number of aliphatic hydroxyl groups excluding tert-OH is 1. The Morgan fingerprint density at radius 3 is 2.34 bits per heavy atom. The maximum atomic E-state index is 13.1. The number of hydrogen-bond donors (Lipinski definition) is 1. The maximum absolute atomic E-state index is 13.1. The van der Waals surface area contributed by atoms with E-state index in [1.807, 2.05) is 30.3 Å². The first-order valence-corrected chi connectivity index (χ1v) is 9.64. The minimum absolute atomic E-state index is 0.278. The molecular formula is C25H21F3O. The van der Waals surface area contributed by atoms with Crippen LogP contribution >= 0.6 is 0 Å². The summed E-state index contributed by atoms with van der Waals surface area (Å²) in [6.45, 7) is -0.411. The van der Waals surface area contributed by atoms with E-state index in [-0.39, 0.29) is 5.56 Å². The lowest BCUT2D eigenvalue weighted by Crippen LogP contribution is -2.07. The van der Waals surface area contributed by atoms with Crippen LogP contribution in [0.15, 0.2) is 66.7 Å². The highest BCUT2D eigenvalue weighted by Gasteiger charge is 2.31. The molecule has 0 saturated carbocycles. The van der Waals surface area contributed by atoms with Crippen LogP contribution in [0.4, 0.5) is 13.2 Å². The van der Waals surface area contributed by atoms with Gasteiger partial charge in [0, 0.05) is 6.42 Å². The summed E-state index contributed by atoms with van der Waals surface area (Å²) in [4.78, 5) is 0. The Labute approximate surface area is 168 Å². The Bertz CT molecular complexity index is 993. The molecule has 1 aliphatic rings. The minimum Gasteiger partial charge on any atom is -0.392 e. The monoisotopic (exact) mass is 394 g/mol. The number of benzene rings is 3. The van der Waals surface area contributed by atoms with Crippen molar-refractivity contribution >= 4 is 0 Å². The molecule has 0 aromatic heterocycles. The van der Waals surface area contributed by atoms with Gasteiger partial charge >= 0.3 is 6.18 Å². The molecule has 3 aromatic rings. The standard InChI is InChI=1S/C25H21F3O/c26-25(27,28)24-14-19(10-21(15-24)16-29)9-18-6-7-22-12-20(13-23(22)11-18)8-17-4-2-1-3-5-17/h1-7,10-11,14-15,20,29H,8-9,13,16H2. The summed E-state index contributed by atoms with van der Waals surface area (Å²) in [6, 6.07) is 20.1. The van der Waals surface area contributed by atoms with E-state index in [2.05, 4.69) is 24.6 Å². The number of halogens is 3. The molecule has 3 aromatic carbocycles. The molecule has 1 unspecified atom stereocenters. The molecule has 1 nitrogen and oxygen atoms in total. The van der Waals surface area contributed by atoms with Crippen molar-refractivity contribution in [1.29, 1.82) is 0 Å². The van der Waals surface area contributed by atoms with Crippen LogP contribution in [0, 0.1) is 12.3 Å². The van der Waals surface area contributed by atoms with E-state index >= 15 is 0 Å². The molecule has 2 radical (unpaired) electrons. The highest BCUT2D eigenvalue weighted by Crippen LogP contribution is 2.34. The van der Waals surface area contributed by atoms with Gasteiger partial charge < -0.3 is 5.11 Å². The zero-order chi connectivity index (χ0) is 20.4. The van der Waals surface area contributed by atoms with Crippen molar-refractivity contribution in [3.63, 3.8) is 0 Å². The second kappa shape index (κ2) is 8.03. The third-order valence-electron chi connectivity index (χ3n) is 5.29. The molecule has 0 amide bonds. The van der Waals surface area contributed by atoms with Gasteiger partial charge in [-0.05, 0) is 70.7 Å². The Hall–Kier alpha value is -2.59. The van der Waals surface area contributed by atoms with Gasteiger partial charge in [-0.1, -0.05) is 54.6 Å². The highest BCUT2D eigenvalue weighted by molar-refractivity contribution is 5.44. The lowest BCUT2D eigenvalue weighted by Gasteiger charge is -2.12. The average molecular weight is 394 g/mol. The van der Waals surface area contributed by atoms with Crippen LogP contribution in [0.25, 0.3) is 0 Å². The summed E-state index contributed by atoms with van der Waals surface area (Å²) in [5, 5.41) is 9.32. The first-order valence-electron chi connectivity index (χ1n) is 9.64. The van der Waals surface area contributed by atoms with Crippen molar-refractivity contribution in [3.8, 4) is 0 Å². The fourth-order valence-electron chi connectivity index (χ4n) is 3.98. The fraction of sp³-hybridized carbons (Fsp3) is 0.240. The summed E-state index contributed by atoms with van der Waals surface area (Å²) in [7, 11) is 0. The average Bonchev–Trinajstić information content (AvgIpc) is 3.09. The Morgan fingerprint density at radius 1 is 0.862 bits per heavy atom. The quantitative estimate of drug-likeness (QED) is 0.594. The molecule has 0 aliphatic heterocycles. The van der Waals surface area contributed by atoms with Crippen molar-refractivity contribution in [1.82, 2.24) is 0 Å². The Balaban J connectivity index is 1.51.